The van der Waals surface area contributed by atoms with Gasteiger partial charge in [-0.25, -0.2) is 15.0 Å². The molecule has 1 unspecified atom stereocenters. The Morgan fingerprint density at radius 2 is 2.15 bits per heavy atom. The van der Waals surface area contributed by atoms with Gasteiger partial charge in [-0.3, -0.25) is 4.79 Å². The molecule has 0 bridgehead atoms. The first-order valence-electron chi connectivity index (χ1n) is 8.68. The van der Waals surface area contributed by atoms with Gasteiger partial charge in [-0.2, -0.15) is 0 Å². The van der Waals surface area contributed by atoms with Crippen LogP contribution in [0.25, 0.3) is 11.3 Å². The molecule has 1 atom stereocenters. The Balaban J connectivity index is 1.38. The number of imidazole rings is 1. The summed E-state index contributed by atoms with van der Waals surface area (Å²) in [5, 5.41) is 3.08. The molecule has 1 fully saturated rings. The summed E-state index contributed by atoms with van der Waals surface area (Å²) in [4.78, 5) is 30.2. The average molecular weight is 348 g/mol. The Bertz CT molecular complexity index is 865. The van der Waals surface area contributed by atoms with Gasteiger partial charge >= 0.3 is 0 Å². The van der Waals surface area contributed by atoms with Crippen LogP contribution in [0, 0.1) is 0 Å². The molecule has 0 aliphatic carbocycles. The maximum Gasteiger partial charge on any atom is 0.226 e. The SMILES string of the molecule is O=C(Cc1cnc[nH]1)NC1CCN(c2nccc(-c3ccccc3)n2)C1. The number of carbonyl (C=O) groups is 1. The van der Waals surface area contributed by atoms with Crippen molar-refractivity contribution in [3.63, 3.8) is 0 Å². The number of hydrogen-bond acceptors (Lipinski definition) is 5. The molecule has 1 amide bonds. The van der Waals surface area contributed by atoms with Crippen molar-refractivity contribution in [1.29, 1.82) is 0 Å². The number of nitrogens with one attached hydrogen (secondary N) is 2. The zero-order valence-corrected chi connectivity index (χ0v) is 14.3. The molecular weight excluding hydrogens is 328 g/mol. The topological polar surface area (TPSA) is 86.8 Å². The molecule has 1 aliphatic heterocycles. The van der Waals surface area contributed by atoms with Gasteiger partial charge in [0.15, 0.2) is 0 Å². The molecule has 1 saturated heterocycles. The number of carbonyl (C=O) groups excluding carboxylic acids is 1. The van der Waals surface area contributed by atoms with Crippen LogP contribution < -0.4 is 10.2 Å². The largest absolute Gasteiger partial charge is 0.351 e. The van der Waals surface area contributed by atoms with Gasteiger partial charge < -0.3 is 15.2 Å². The van der Waals surface area contributed by atoms with E-state index in [1.165, 1.54) is 0 Å². The molecule has 0 saturated carbocycles. The van der Waals surface area contributed by atoms with Crippen molar-refractivity contribution < 1.29 is 4.79 Å². The monoisotopic (exact) mass is 348 g/mol. The summed E-state index contributed by atoms with van der Waals surface area (Å²) in [6.07, 6.45) is 6.24. The third kappa shape index (κ3) is 3.72. The first kappa shape index (κ1) is 16.3. The smallest absolute Gasteiger partial charge is 0.226 e. The zero-order chi connectivity index (χ0) is 17.8. The molecule has 2 aromatic heterocycles. The minimum atomic E-state index is 0.0000506. The molecule has 26 heavy (non-hydrogen) atoms. The number of amides is 1. The van der Waals surface area contributed by atoms with E-state index in [4.69, 9.17) is 0 Å². The van der Waals surface area contributed by atoms with Gasteiger partial charge in [-0.05, 0) is 12.5 Å². The van der Waals surface area contributed by atoms with Crippen molar-refractivity contribution in [3.8, 4) is 11.3 Å². The van der Waals surface area contributed by atoms with Gasteiger partial charge in [0, 0.05) is 42.8 Å². The van der Waals surface area contributed by atoms with Crippen molar-refractivity contribution >= 4 is 11.9 Å². The van der Waals surface area contributed by atoms with Gasteiger partial charge in [-0.15, -0.1) is 0 Å². The van der Waals surface area contributed by atoms with Gasteiger partial charge in [0.05, 0.1) is 18.4 Å². The lowest BCUT2D eigenvalue weighted by molar-refractivity contribution is -0.121. The predicted molar refractivity (Wildman–Crippen MR) is 98.5 cm³/mol. The van der Waals surface area contributed by atoms with E-state index in [-0.39, 0.29) is 11.9 Å². The lowest BCUT2D eigenvalue weighted by Crippen LogP contribution is -2.38. The second-order valence-electron chi connectivity index (χ2n) is 6.36. The molecule has 4 rings (SSSR count). The van der Waals surface area contributed by atoms with Crippen LogP contribution in [0.15, 0.2) is 55.1 Å². The van der Waals surface area contributed by atoms with Gasteiger partial charge in [0.1, 0.15) is 0 Å². The zero-order valence-electron chi connectivity index (χ0n) is 14.3. The van der Waals surface area contributed by atoms with E-state index in [1.807, 2.05) is 36.4 Å². The Morgan fingerprint density at radius 1 is 1.27 bits per heavy atom. The molecule has 7 nitrogen and oxygen atoms in total. The number of benzene rings is 1. The highest BCUT2D eigenvalue weighted by atomic mass is 16.1. The highest BCUT2D eigenvalue weighted by molar-refractivity contribution is 5.78. The van der Waals surface area contributed by atoms with Gasteiger partial charge in [0.2, 0.25) is 11.9 Å². The van der Waals surface area contributed by atoms with Crippen LogP contribution in [0.2, 0.25) is 0 Å². The maximum atomic E-state index is 12.1. The Morgan fingerprint density at radius 3 is 2.96 bits per heavy atom. The summed E-state index contributed by atoms with van der Waals surface area (Å²) in [5.74, 6) is 0.705. The van der Waals surface area contributed by atoms with E-state index >= 15 is 0 Å². The van der Waals surface area contributed by atoms with E-state index in [0.29, 0.717) is 18.9 Å². The van der Waals surface area contributed by atoms with Crippen LogP contribution in [0.1, 0.15) is 12.1 Å². The fraction of sp³-hybridized carbons (Fsp3) is 0.263. The van der Waals surface area contributed by atoms with E-state index in [1.54, 1.807) is 18.7 Å². The summed E-state index contributed by atoms with van der Waals surface area (Å²) in [5.41, 5.74) is 2.79. The normalized spacial score (nSPS) is 16.6. The Hall–Kier alpha value is -3.22. The number of H-pyrrole nitrogens is 1. The summed E-state index contributed by atoms with van der Waals surface area (Å²) in [6.45, 7) is 1.54. The van der Waals surface area contributed by atoms with Crippen molar-refractivity contribution in [2.75, 3.05) is 18.0 Å². The maximum absolute atomic E-state index is 12.1. The summed E-state index contributed by atoms with van der Waals surface area (Å²) in [6, 6.07) is 12.1. The number of anilines is 1. The lowest BCUT2D eigenvalue weighted by Gasteiger charge is -2.17. The van der Waals surface area contributed by atoms with Crippen molar-refractivity contribution in [1.82, 2.24) is 25.3 Å². The molecule has 0 spiro atoms. The number of aromatic amines is 1. The highest BCUT2D eigenvalue weighted by Crippen LogP contribution is 2.21. The van der Waals surface area contributed by atoms with Crippen LogP contribution in [-0.4, -0.2) is 45.0 Å². The van der Waals surface area contributed by atoms with Crippen LogP contribution in [0.5, 0.6) is 0 Å². The highest BCUT2D eigenvalue weighted by Gasteiger charge is 2.25. The van der Waals surface area contributed by atoms with Crippen molar-refractivity contribution in [3.05, 3.63) is 60.8 Å². The molecule has 1 aliphatic rings. The van der Waals surface area contributed by atoms with Gasteiger partial charge in [0.25, 0.3) is 0 Å². The number of rotatable bonds is 5. The minimum absolute atomic E-state index is 0.0000506. The third-order valence-electron chi connectivity index (χ3n) is 4.45. The molecule has 1 aromatic carbocycles. The number of nitrogens with zero attached hydrogens (tertiary/aromatic N) is 4. The van der Waals surface area contributed by atoms with Gasteiger partial charge in [-0.1, -0.05) is 30.3 Å². The molecular formula is C19H20N6O. The second-order valence-corrected chi connectivity index (χ2v) is 6.36. The second kappa shape index (κ2) is 7.35. The van der Waals surface area contributed by atoms with Crippen LogP contribution in [0.4, 0.5) is 5.95 Å². The Labute approximate surface area is 151 Å². The van der Waals surface area contributed by atoms with Crippen LogP contribution >= 0.6 is 0 Å². The fourth-order valence-electron chi connectivity index (χ4n) is 3.16. The van der Waals surface area contributed by atoms with E-state index < -0.39 is 0 Å². The standard InChI is InChI=1S/C19H20N6O/c26-18(10-16-11-20-13-22-16)23-15-7-9-25(12-15)19-21-8-6-17(24-19)14-4-2-1-3-5-14/h1-6,8,11,13,15H,7,9-10,12H2,(H,20,22)(H,23,26). The predicted octanol–water partition coefficient (Wildman–Crippen LogP) is 1.80. The van der Waals surface area contributed by atoms with E-state index in [9.17, 15) is 4.79 Å². The summed E-state index contributed by atoms with van der Waals surface area (Å²) < 4.78 is 0. The number of aromatic nitrogens is 4. The van der Waals surface area contributed by atoms with E-state index in [2.05, 4.69) is 30.2 Å². The Kier molecular flexibility index (Phi) is 4.59. The lowest BCUT2D eigenvalue weighted by atomic mass is 10.1. The molecule has 132 valence electrons. The van der Waals surface area contributed by atoms with Crippen LogP contribution in [0.3, 0.4) is 0 Å². The van der Waals surface area contributed by atoms with Crippen molar-refractivity contribution in [2.45, 2.75) is 18.9 Å². The van der Waals surface area contributed by atoms with E-state index in [0.717, 1.165) is 29.9 Å². The molecule has 0 radical (unpaired) electrons. The summed E-state index contributed by atoms with van der Waals surface area (Å²) >= 11 is 0. The summed E-state index contributed by atoms with van der Waals surface area (Å²) in [7, 11) is 0. The first-order valence-corrected chi connectivity index (χ1v) is 8.68. The first-order chi connectivity index (χ1) is 12.8. The quantitative estimate of drug-likeness (QED) is 0.734. The molecule has 2 N–H and O–H groups in total. The minimum Gasteiger partial charge on any atom is -0.351 e. The number of hydrogen-bond donors (Lipinski definition) is 2. The molecule has 3 aromatic rings. The molecule has 7 heteroatoms. The third-order valence-corrected chi connectivity index (χ3v) is 4.45. The van der Waals surface area contributed by atoms with Crippen molar-refractivity contribution in [2.24, 2.45) is 0 Å². The van der Waals surface area contributed by atoms with Crippen LogP contribution in [-0.2, 0) is 11.2 Å². The fourth-order valence-corrected chi connectivity index (χ4v) is 3.16. The molecule has 3 heterocycles. The average Bonchev–Trinajstić information content (AvgIpc) is 3.35.